The molecule has 1 atom stereocenters. The van der Waals surface area contributed by atoms with Crippen LogP contribution in [0.3, 0.4) is 0 Å². The van der Waals surface area contributed by atoms with Crippen LogP contribution in [0.5, 0.6) is 0 Å². The number of nitrogens with one attached hydrogen (secondary N) is 1. The van der Waals surface area contributed by atoms with Crippen LogP contribution in [0.4, 0.5) is 0 Å². The molecule has 1 heterocycles. The van der Waals surface area contributed by atoms with Crippen molar-refractivity contribution >= 4 is 12.2 Å². The second-order valence-electron chi connectivity index (χ2n) is 5.63. The van der Waals surface area contributed by atoms with Crippen molar-refractivity contribution in [3.63, 3.8) is 0 Å². The summed E-state index contributed by atoms with van der Waals surface area (Å²) in [6.07, 6.45) is 5.88. The van der Waals surface area contributed by atoms with Gasteiger partial charge in [-0.3, -0.25) is 5.10 Å². The second-order valence-corrected chi connectivity index (χ2v) is 6.01. The molecule has 1 aromatic heterocycles. The molecule has 0 saturated heterocycles. The summed E-state index contributed by atoms with van der Waals surface area (Å²) >= 11 is 5.34. The molecule has 1 fully saturated rings. The third kappa shape index (κ3) is 2.21. The monoisotopic (exact) mass is 239 g/mol. The van der Waals surface area contributed by atoms with Crippen LogP contribution in [-0.2, 0) is 6.42 Å². The summed E-state index contributed by atoms with van der Waals surface area (Å²) < 4.78 is 3.05. The molecule has 0 spiro atoms. The van der Waals surface area contributed by atoms with Crippen LogP contribution in [0.2, 0.25) is 0 Å². The summed E-state index contributed by atoms with van der Waals surface area (Å²) in [5.41, 5.74) is 0.459. The summed E-state index contributed by atoms with van der Waals surface area (Å²) in [6, 6.07) is 0.558. The standard InChI is InChI=1S/C12H21N3S/c1-4-5-10-13-14-11(16)15(10)9-6-7-12(2,3)8-9/h9H,4-8H2,1-3H3,(H,14,16). The lowest BCUT2D eigenvalue weighted by Crippen LogP contribution is -2.12. The van der Waals surface area contributed by atoms with Crippen LogP contribution in [0.15, 0.2) is 0 Å². The summed E-state index contributed by atoms with van der Waals surface area (Å²) in [4.78, 5) is 0. The van der Waals surface area contributed by atoms with Gasteiger partial charge in [-0.2, -0.15) is 5.10 Å². The first-order valence-electron chi connectivity index (χ1n) is 6.19. The van der Waals surface area contributed by atoms with E-state index in [2.05, 4.69) is 35.5 Å². The average Bonchev–Trinajstić information content (AvgIpc) is 2.71. The van der Waals surface area contributed by atoms with E-state index in [1.165, 1.54) is 19.3 Å². The molecule has 16 heavy (non-hydrogen) atoms. The van der Waals surface area contributed by atoms with Gasteiger partial charge in [0, 0.05) is 12.5 Å². The van der Waals surface area contributed by atoms with E-state index >= 15 is 0 Å². The zero-order chi connectivity index (χ0) is 11.8. The maximum atomic E-state index is 5.34. The first kappa shape index (κ1) is 11.8. The molecule has 0 radical (unpaired) electrons. The van der Waals surface area contributed by atoms with Gasteiger partial charge in [0.1, 0.15) is 5.82 Å². The van der Waals surface area contributed by atoms with Crippen molar-refractivity contribution in [1.82, 2.24) is 14.8 Å². The molecular weight excluding hydrogens is 218 g/mol. The van der Waals surface area contributed by atoms with Gasteiger partial charge in [-0.15, -0.1) is 0 Å². The summed E-state index contributed by atoms with van der Waals surface area (Å²) in [7, 11) is 0. The van der Waals surface area contributed by atoms with Crippen LogP contribution < -0.4 is 0 Å². The van der Waals surface area contributed by atoms with Crippen LogP contribution in [0, 0.1) is 10.2 Å². The van der Waals surface area contributed by atoms with E-state index in [4.69, 9.17) is 12.2 Å². The summed E-state index contributed by atoms with van der Waals surface area (Å²) in [5, 5.41) is 7.29. The summed E-state index contributed by atoms with van der Waals surface area (Å²) in [6.45, 7) is 6.87. The van der Waals surface area contributed by atoms with E-state index < -0.39 is 0 Å². The molecule has 0 aliphatic heterocycles. The summed E-state index contributed by atoms with van der Waals surface area (Å²) in [5.74, 6) is 1.13. The van der Waals surface area contributed by atoms with Gasteiger partial charge in [0.25, 0.3) is 0 Å². The Morgan fingerprint density at radius 2 is 2.31 bits per heavy atom. The van der Waals surface area contributed by atoms with Crippen molar-refractivity contribution in [3.8, 4) is 0 Å². The SMILES string of the molecule is CCCc1n[nH]c(=S)n1C1CCC(C)(C)C1. The van der Waals surface area contributed by atoms with Gasteiger partial charge in [0.15, 0.2) is 4.77 Å². The molecule has 3 nitrogen and oxygen atoms in total. The van der Waals surface area contributed by atoms with Crippen LogP contribution >= 0.6 is 12.2 Å². The zero-order valence-corrected chi connectivity index (χ0v) is 11.2. The highest BCUT2D eigenvalue weighted by atomic mass is 32.1. The van der Waals surface area contributed by atoms with Gasteiger partial charge in [0.05, 0.1) is 0 Å². The first-order valence-corrected chi connectivity index (χ1v) is 6.60. The minimum absolute atomic E-state index is 0.459. The number of aryl methyl sites for hydroxylation is 1. The fourth-order valence-electron chi connectivity index (χ4n) is 2.73. The predicted octanol–water partition coefficient (Wildman–Crippen LogP) is 3.64. The Bertz CT molecular complexity index is 416. The van der Waals surface area contributed by atoms with Crippen molar-refractivity contribution in [2.45, 2.75) is 58.9 Å². The molecule has 1 aromatic rings. The Hall–Kier alpha value is -0.640. The van der Waals surface area contributed by atoms with Crippen molar-refractivity contribution in [2.75, 3.05) is 0 Å². The number of aromatic amines is 1. The van der Waals surface area contributed by atoms with Crippen molar-refractivity contribution in [2.24, 2.45) is 5.41 Å². The van der Waals surface area contributed by atoms with E-state index in [9.17, 15) is 0 Å². The topological polar surface area (TPSA) is 33.6 Å². The van der Waals surface area contributed by atoms with Gasteiger partial charge < -0.3 is 4.57 Å². The van der Waals surface area contributed by atoms with Gasteiger partial charge in [-0.05, 0) is 43.3 Å². The fraction of sp³-hybridized carbons (Fsp3) is 0.833. The number of aromatic nitrogens is 3. The van der Waals surface area contributed by atoms with Crippen LogP contribution in [0.1, 0.15) is 58.3 Å². The van der Waals surface area contributed by atoms with Gasteiger partial charge >= 0.3 is 0 Å². The highest BCUT2D eigenvalue weighted by Crippen LogP contribution is 2.43. The Morgan fingerprint density at radius 3 is 2.88 bits per heavy atom. The molecule has 1 saturated carbocycles. The molecule has 1 aliphatic carbocycles. The minimum Gasteiger partial charge on any atom is -0.301 e. The van der Waals surface area contributed by atoms with Crippen molar-refractivity contribution in [1.29, 1.82) is 0 Å². The fourth-order valence-corrected chi connectivity index (χ4v) is 3.03. The Morgan fingerprint density at radius 1 is 1.56 bits per heavy atom. The van der Waals surface area contributed by atoms with Crippen LogP contribution in [0.25, 0.3) is 0 Å². The first-order chi connectivity index (χ1) is 7.53. The number of hydrogen-bond donors (Lipinski definition) is 1. The maximum Gasteiger partial charge on any atom is 0.195 e. The van der Waals surface area contributed by atoms with Crippen molar-refractivity contribution in [3.05, 3.63) is 10.6 Å². The Kier molecular flexibility index (Phi) is 3.19. The zero-order valence-electron chi connectivity index (χ0n) is 10.4. The lowest BCUT2D eigenvalue weighted by Gasteiger charge is -2.18. The largest absolute Gasteiger partial charge is 0.301 e. The molecule has 1 unspecified atom stereocenters. The van der Waals surface area contributed by atoms with Crippen molar-refractivity contribution < 1.29 is 0 Å². The van der Waals surface area contributed by atoms with Gasteiger partial charge in [0.2, 0.25) is 0 Å². The third-order valence-electron chi connectivity index (χ3n) is 3.56. The number of nitrogens with zero attached hydrogens (tertiary/aromatic N) is 2. The smallest absolute Gasteiger partial charge is 0.195 e. The predicted molar refractivity (Wildman–Crippen MR) is 68.1 cm³/mol. The lowest BCUT2D eigenvalue weighted by atomic mass is 9.92. The Labute approximate surface area is 102 Å². The second kappa shape index (κ2) is 4.32. The van der Waals surface area contributed by atoms with E-state index in [0.717, 1.165) is 23.4 Å². The Balaban J connectivity index is 2.26. The normalized spacial score (nSPS) is 23.8. The van der Waals surface area contributed by atoms with Gasteiger partial charge in [-0.25, -0.2) is 0 Å². The molecule has 90 valence electrons. The quantitative estimate of drug-likeness (QED) is 0.817. The molecule has 1 aliphatic rings. The number of hydrogen-bond acceptors (Lipinski definition) is 2. The maximum absolute atomic E-state index is 5.34. The highest BCUT2D eigenvalue weighted by molar-refractivity contribution is 7.71. The van der Waals surface area contributed by atoms with E-state index in [0.29, 0.717) is 11.5 Å². The van der Waals surface area contributed by atoms with E-state index in [1.54, 1.807) is 0 Å². The molecule has 4 heteroatoms. The molecule has 2 rings (SSSR count). The highest BCUT2D eigenvalue weighted by Gasteiger charge is 2.33. The molecule has 1 N–H and O–H groups in total. The number of rotatable bonds is 3. The van der Waals surface area contributed by atoms with Crippen LogP contribution in [-0.4, -0.2) is 14.8 Å². The van der Waals surface area contributed by atoms with E-state index in [1.807, 2.05) is 0 Å². The third-order valence-corrected chi connectivity index (χ3v) is 3.85. The molecule has 0 aromatic carbocycles. The molecular formula is C12H21N3S. The molecule has 0 bridgehead atoms. The lowest BCUT2D eigenvalue weighted by molar-refractivity contribution is 0.355. The molecule has 0 amide bonds. The van der Waals surface area contributed by atoms with E-state index in [-0.39, 0.29) is 0 Å². The van der Waals surface area contributed by atoms with Gasteiger partial charge in [-0.1, -0.05) is 20.8 Å². The minimum atomic E-state index is 0.459. The average molecular weight is 239 g/mol. The number of H-pyrrole nitrogens is 1.